The molecule has 0 radical (unpaired) electrons. The molecule has 1 aromatic carbocycles. The second kappa shape index (κ2) is 6.84. The summed E-state index contributed by atoms with van der Waals surface area (Å²) < 4.78 is 32.7. The molecule has 9 heteroatoms. The quantitative estimate of drug-likeness (QED) is 0.806. The van der Waals surface area contributed by atoms with E-state index >= 15 is 0 Å². The van der Waals surface area contributed by atoms with Gasteiger partial charge in [0.25, 0.3) is 0 Å². The molecule has 1 fully saturated rings. The van der Waals surface area contributed by atoms with Crippen molar-refractivity contribution < 1.29 is 13.2 Å². The highest BCUT2D eigenvalue weighted by Gasteiger charge is 2.35. The standard InChI is InChI=1S/C15H15Cl2N3O3S/c1-10-6-14(13(17)7-12(10)16)24(21,22)20-5-3-11(8-20)23-15-2-4-18-9-19-15/h2,4,6-7,9,11H,3,5,8H2,1H3/t11-/m1/s1. The summed E-state index contributed by atoms with van der Waals surface area (Å²) in [5.41, 5.74) is 0.660. The first-order valence-corrected chi connectivity index (χ1v) is 9.46. The van der Waals surface area contributed by atoms with Crippen molar-refractivity contribution in [3.63, 3.8) is 0 Å². The van der Waals surface area contributed by atoms with Crippen LogP contribution in [0.25, 0.3) is 0 Å². The van der Waals surface area contributed by atoms with Crippen molar-refractivity contribution in [1.29, 1.82) is 0 Å². The largest absolute Gasteiger partial charge is 0.473 e. The topological polar surface area (TPSA) is 72.4 Å². The van der Waals surface area contributed by atoms with Crippen LogP contribution < -0.4 is 4.74 Å². The molecular weight excluding hydrogens is 373 g/mol. The summed E-state index contributed by atoms with van der Waals surface area (Å²) in [5, 5.41) is 0.552. The average Bonchev–Trinajstić information content (AvgIpc) is 3.01. The molecule has 0 unspecified atom stereocenters. The Morgan fingerprint density at radius 3 is 2.79 bits per heavy atom. The van der Waals surface area contributed by atoms with Crippen LogP contribution in [0.3, 0.4) is 0 Å². The van der Waals surface area contributed by atoms with E-state index in [9.17, 15) is 8.42 Å². The Bertz CT molecular complexity index is 847. The van der Waals surface area contributed by atoms with Gasteiger partial charge in [-0.25, -0.2) is 18.4 Å². The number of hydrogen-bond acceptors (Lipinski definition) is 5. The molecule has 1 aliphatic rings. The lowest BCUT2D eigenvalue weighted by Gasteiger charge is -2.18. The smallest absolute Gasteiger partial charge is 0.244 e. The van der Waals surface area contributed by atoms with Crippen LogP contribution in [0.5, 0.6) is 5.88 Å². The number of aromatic nitrogens is 2. The van der Waals surface area contributed by atoms with Gasteiger partial charge in [0.2, 0.25) is 15.9 Å². The van der Waals surface area contributed by atoms with Gasteiger partial charge in [0.1, 0.15) is 17.3 Å². The van der Waals surface area contributed by atoms with Crippen molar-refractivity contribution in [3.05, 3.63) is 46.3 Å². The van der Waals surface area contributed by atoms with Crippen LogP contribution in [-0.4, -0.2) is 41.9 Å². The Labute approximate surface area is 150 Å². The van der Waals surface area contributed by atoms with Crippen molar-refractivity contribution in [1.82, 2.24) is 14.3 Å². The summed E-state index contributed by atoms with van der Waals surface area (Å²) in [7, 11) is -3.70. The number of hydrogen-bond donors (Lipinski definition) is 0. The molecule has 1 aliphatic heterocycles. The van der Waals surface area contributed by atoms with Crippen molar-refractivity contribution in [2.24, 2.45) is 0 Å². The molecule has 2 heterocycles. The van der Waals surface area contributed by atoms with Gasteiger partial charge >= 0.3 is 0 Å². The number of ether oxygens (including phenoxy) is 1. The number of aryl methyl sites for hydroxylation is 1. The fourth-order valence-electron chi connectivity index (χ4n) is 2.50. The Kier molecular flexibility index (Phi) is 4.96. The minimum atomic E-state index is -3.70. The molecule has 24 heavy (non-hydrogen) atoms. The van der Waals surface area contributed by atoms with Gasteiger partial charge in [0.15, 0.2) is 0 Å². The molecular formula is C15H15Cl2N3O3S. The van der Waals surface area contributed by atoms with E-state index in [0.29, 0.717) is 29.4 Å². The number of benzene rings is 1. The number of nitrogens with zero attached hydrogens (tertiary/aromatic N) is 3. The Morgan fingerprint density at radius 1 is 1.29 bits per heavy atom. The van der Waals surface area contributed by atoms with E-state index in [2.05, 4.69) is 9.97 Å². The first-order chi connectivity index (χ1) is 11.4. The zero-order chi connectivity index (χ0) is 17.3. The minimum absolute atomic E-state index is 0.0637. The predicted molar refractivity (Wildman–Crippen MR) is 91.0 cm³/mol. The van der Waals surface area contributed by atoms with Gasteiger partial charge in [0.05, 0.1) is 11.6 Å². The summed E-state index contributed by atoms with van der Waals surface area (Å²) >= 11 is 12.1. The highest BCUT2D eigenvalue weighted by atomic mass is 35.5. The summed E-state index contributed by atoms with van der Waals surface area (Å²) in [6, 6.07) is 4.59. The van der Waals surface area contributed by atoms with E-state index in [1.54, 1.807) is 19.2 Å². The maximum Gasteiger partial charge on any atom is 0.244 e. The maximum atomic E-state index is 12.8. The van der Waals surface area contributed by atoms with E-state index < -0.39 is 10.0 Å². The minimum Gasteiger partial charge on any atom is -0.473 e. The van der Waals surface area contributed by atoms with Crippen LogP contribution in [0.2, 0.25) is 10.0 Å². The normalized spacial score (nSPS) is 18.7. The van der Waals surface area contributed by atoms with Crippen molar-refractivity contribution in [2.75, 3.05) is 13.1 Å². The molecule has 0 saturated carbocycles. The van der Waals surface area contributed by atoms with E-state index in [1.807, 2.05) is 0 Å². The van der Waals surface area contributed by atoms with Gasteiger partial charge in [-0.2, -0.15) is 4.31 Å². The molecule has 6 nitrogen and oxygen atoms in total. The third-order valence-electron chi connectivity index (χ3n) is 3.78. The predicted octanol–water partition coefficient (Wildman–Crippen LogP) is 2.93. The van der Waals surface area contributed by atoms with Crippen molar-refractivity contribution in [3.8, 4) is 5.88 Å². The Hall–Kier alpha value is -1.41. The van der Waals surface area contributed by atoms with Gasteiger partial charge in [0, 0.05) is 23.8 Å². The van der Waals surface area contributed by atoms with Crippen molar-refractivity contribution >= 4 is 33.2 Å². The second-order valence-corrected chi connectivity index (χ2v) is 8.19. The maximum absolute atomic E-state index is 12.8. The molecule has 1 aromatic heterocycles. The first kappa shape index (κ1) is 17.4. The third-order valence-corrected chi connectivity index (χ3v) is 6.52. The SMILES string of the molecule is Cc1cc(S(=O)(=O)N2CC[C@@H](Oc3ccncn3)C2)c(Cl)cc1Cl. The molecule has 0 aliphatic carbocycles. The average molecular weight is 388 g/mol. The van der Waals surface area contributed by atoms with Crippen LogP contribution in [0.15, 0.2) is 35.6 Å². The molecule has 0 bridgehead atoms. The molecule has 0 N–H and O–H groups in total. The van der Waals surface area contributed by atoms with Crippen LogP contribution >= 0.6 is 23.2 Å². The van der Waals surface area contributed by atoms with Crippen LogP contribution in [0, 0.1) is 6.92 Å². The number of sulfonamides is 1. The Balaban J connectivity index is 1.78. The lowest BCUT2D eigenvalue weighted by Crippen LogP contribution is -2.31. The Morgan fingerprint density at radius 2 is 2.08 bits per heavy atom. The van der Waals surface area contributed by atoms with Gasteiger partial charge < -0.3 is 4.74 Å². The first-order valence-electron chi connectivity index (χ1n) is 7.26. The lowest BCUT2D eigenvalue weighted by atomic mass is 10.2. The summed E-state index contributed by atoms with van der Waals surface area (Å²) in [4.78, 5) is 7.87. The molecule has 1 atom stereocenters. The summed E-state index contributed by atoms with van der Waals surface area (Å²) in [6.07, 6.45) is 3.27. The molecule has 1 saturated heterocycles. The van der Waals surface area contributed by atoms with Crippen LogP contribution in [0.4, 0.5) is 0 Å². The monoisotopic (exact) mass is 387 g/mol. The second-order valence-electron chi connectivity index (χ2n) is 5.47. The third kappa shape index (κ3) is 3.49. The fraction of sp³-hybridized carbons (Fsp3) is 0.333. The van der Waals surface area contributed by atoms with Gasteiger partial charge in [-0.15, -0.1) is 0 Å². The summed E-state index contributed by atoms with van der Waals surface area (Å²) in [6.45, 7) is 2.34. The highest BCUT2D eigenvalue weighted by Crippen LogP contribution is 2.32. The van der Waals surface area contributed by atoms with Gasteiger partial charge in [-0.1, -0.05) is 23.2 Å². The molecule has 2 aromatic rings. The van der Waals surface area contributed by atoms with E-state index in [4.69, 9.17) is 27.9 Å². The number of rotatable bonds is 4. The lowest BCUT2D eigenvalue weighted by molar-refractivity contribution is 0.206. The van der Waals surface area contributed by atoms with E-state index in [-0.39, 0.29) is 22.6 Å². The van der Waals surface area contributed by atoms with Crippen LogP contribution in [-0.2, 0) is 10.0 Å². The molecule has 128 valence electrons. The molecule has 0 amide bonds. The van der Waals surface area contributed by atoms with Crippen LogP contribution in [0.1, 0.15) is 12.0 Å². The fourth-order valence-corrected chi connectivity index (χ4v) is 4.79. The summed E-state index contributed by atoms with van der Waals surface area (Å²) in [5.74, 6) is 0.426. The highest BCUT2D eigenvalue weighted by molar-refractivity contribution is 7.89. The van der Waals surface area contributed by atoms with Gasteiger partial charge in [-0.3, -0.25) is 0 Å². The molecule has 3 rings (SSSR count). The van der Waals surface area contributed by atoms with E-state index in [1.165, 1.54) is 22.8 Å². The van der Waals surface area contributed by atoms with E-state index in [0.717, 1.165) is 0 Å². The van der Waals surface area contributed by atoms with Crippen molar-refractivity contribution in [2.45, 2.75) is 24.3 Å². The zero-order valence-electron chi connectivity index (χ0n) is 12.8. The zero-order valence-corrected chi connectivity index (χ0v) is 15.1. The number of halogens is 2. The molecule has 0 spiro atoms. The van der Waals surface area contributed by atoms with Gasteiger partial charge in [-0.05, 0) is 31.0 Å².